The summed E-state index contributed by atoms with van der Waals surface area (Å²) >= 11 is 0. The summed E-state index contributed by atoms with van der Waals surface area (Å²) in [5.41, 5.74) is 3.53. The lowest BCUT2D eigenvalue weighted by Gasteiger charge is -2.28. The number of hydrogen-bond acceptors (Lipinski definition) is 2. The van der Waals surface area contributed by atoms with Gasteiger partial charge < -0.3 is 10.6 Å². The van der Waals surface area contributed by atoms with E-state index < -0.39 is 6.04 Å². The van der Waals surface area contributed by atoms with Crippen molar-refractivity contribution in [3.63, 3.8) is 0 Å². The van der Waals surface area contributed by atoms with E-state index in [1.54, 1.807) is 0 Å². The number of carbonyl (C=O) groups is 2. The van der Waals surface area contributed by atoms with E-state index in [2.05, 4.69) is 22.8 Å². The molecule has 4 heteroatoms. The molecule has 2 aromatic rings. The van der Waals surface area contributed by atoms with E-state index >= 15 is 0 Å². The van der Waals surface area contributed by atoms with Crippen LogP contribution in [0.5, 0.6) is 0 Å². The lowest BCUT2D eigenvalue weighted by atomic mass is 9.87. The first-order valence-corrected chi connectivity index (χ1v) is 8.82. The molecule has 2 N–H and O–H groups in total. The van der Waals surface area contributed by atoms with Crippen molar-refractivity contribution in [2.45, 2.75) is 44.7 Å². The van der Waals surface area contributed by atoms with Crippen molar-refractivity contribution in [1.29, 1.82) is 0 Å². The van der Waals surface area contributed by atoms with Crippen LogP contribution in [0.25, 0.3) is 0 Å². The number of aryl methyl sites for hydroxylation is 1. The molecule has 0 heterocycles. The summed E-state index contributed by atoms with van der Waals surface area (Å²) in [6, 6.07) is 17.5. The minimum Gasteiger partial charge on any atom is -0.347 e. The molecule has 1 aliphatic carbocycles. The third-order valence-electron chi connectivity index (χ3n) is 4.66. The fourth-order valence-corrected chi connectivity index (χ4v) is 3.48. The highest BCUT2D eigenvalue weighted by Crippen LogP contribution is 2.29. The number of rotatable bonds is 5. The van der Waals surface area contributed by atoms with Gasteiger partial charge >= 0.3 is 0 Å². The number of nitrogens with one attached hydrogen (secondary N) is 2. The SMILES string of the molecule is CC(=O)N[C@@H](Cc1ccccc1)C(=O)N[C@@H]1CCCc2ccccc21. The summed E-state index contributed by atoms with van der Waals surface area (Å²) in [6.07, 6.45) is 3.54. The van der Waals surface area contributed by atoms with Crippen LogP contribution in [0, 0.1) is 0 Å². The lowest BCUT2D eigenvalue weighted by molar-refractivity contribution is -0.128. The van der Waals surface area contributed by atoms with Crippen LogP contribution >= 0.6 is 0 Å². The van der Waals surface area contributed by atoms with Crippen molar-refractivity contribution < 1.29 is 9.59 Å². The molecule has 0 saturated carbocycles. The molecule has 0 aromatic heterocycles. The molecule has 4 nitrogen and oxygen atoms in total. The Balaban J connectivity index is 1.73. The van der Waals surface area contributed by atoms with Gasteiger partial charge in [0.15, 0.2) is 0 Å². The summed E-state index contributed by atoms with van der Waals surface area (Å²) < 4.78 is 0. The highest BCUT2D eigenvalue weighted by molar-refractivity contribution is 5.87. The third kappa shape index (κ3) is 4.47. The summed E-state index contributed by atoms with van der Waals surface area (Å²) in [6.45, 7) is 1.45. The fraction of sp³-hybridized carbons (Fsp3) is 0.333. The van der Waals surface area contributed by atoms with Crippen molar-refractivity contribution in [3.05, 3.63) is 71.3 Å². The van der Waals surface area contributed by atoms with E-state index in [0.29, 0.717) is 6.42 Å². The molecular formula is C21H24N2O2. The van der Waals surface area contributed by atoms with E-state index in [9.17, 15) is 9.59 Å². The van der Waals surface area contributed by atoms with Gasteiger partial charge in [-0.05, 0) is 36.0 Å². The van der Waals surface area contributed by atoms with Gasteiger partial charge in [0.1, 0.15) is 6.04 Å². The second kappa shape index (κ2) is 7.97. The number of benzene rings is 2. The van der Waals surface area contributed by atoms with Crippen LogP contribution in [0.2, 0.25) is 0 Å². The Labute approximate surface area is 148 Å². The normalized spacial score (nSPS) is 17.2. The molecule has 2 amide bonds. The largest absolute Gasteiger partial charge is 0.347 e. The predicted octanol–water partition coefficient (Wildman–Crippen LogP) is 2.93. The van der Waals surface area contributed by atoms with Gasteiger partial charge in [-0.1, -0.05) is 54.6 Å². The molecule has 0 fully saturated rings. The summed E-state index contributed by atoms with van der Waals surface area (Å²) in [5, 5.41) is 5.94. The molecule has 3 rings (SSSR count). The predicted molar refractivity (Wildman–Crippen MR) is 98.0 cm³/mol. The Hall–Kier alpha value is -2.62. The first-order valence-electron chi connectivity index (χ1n) is 8.82. The molecule has 0 radical (unpaired) electrons. The first-order chi connectivity index (χ1) is 12.1. The van der Waals surface area contributed by atoms with Crippen LogP contribution in [-0.2, 0) is 22.4 Å². The van der Waals surface area contributed by atoms with E-state index in [1.165, 1.54) is 18.1 Å². The second-order valence-corrected chi connectivity index (χ2v) is 6.60. The van der Waals surface area contributed by atoms with Crippen LogP contribution in [-0.4, -0.2) is 17.9 Å². The highest BCUT2D eigenvalue weighted by Gasteiger charge is 2.26. The van der Waals surface area contributed by atoms with Gasteiger partial charge in [0.2, 0.25) is 11.8 Å². The Morgan fingerprint density at radius 1 is 1.08 bits per heavy atom. The molecule has 0 aliphatic heterocycles. The van der Waals surface area contributed by atoms with Crippen LogP contribution in [0.4, 0.5) is 0 Å². The fourth-order valence-electron chi connectivity index (χ4n) is 3.48. The van der Waals surface area contributed by atoms with E-state index in [1.807, 2.05) is 42.5 Å². The van der Waals surface area contributed by atoms with Crippen molar-refractivity contribution in [2.75, 3.05) is 0 Å². The number of hydrogen-bond donors (Lipinski definition) is 2. The zero-order valence-corrected chi connectivity index (χ0v) is 14.5. The van der Waals surface area contributed by atoms with Gasteiger partial charge in [0.05, 0.1) is 6.04 Å². The maximum absolute atomic E-state index is 12.8. The summed E-state index contributed by atoms with van der Waals surface area (Å²) in [5.74, 6) is -0.319. The molecule has 25 heavy (non-hydrogen) atoms. The molecule has 2 atom stereocenters. The Kier molecular flexibility index (Phi) is 5.49. The summed E-state index contributed by atoms with van der Waals surface area (Å²) in [4.78, 5) is 24.4. The zero-order chi connectivity index (χ0) is 17.6. The third-order valence-corrected chi connectivity index (χ3v) is 4.66. The van der Waals surface area contributed by atoms with Crippen molar-refractivity contribution in [3.8, 4) is 0 Å². The highest BCUT2D eigenvalue weighted by atomic mass is 16.2. The molecule has 130 valence electrons. The van der Waals surface area contributed by atoms with Gasteiger partial charge in [0.25, 0.3) is 0 Å². The quantitative estimate of drug-likeness (QED) is 0.882. The van der Waals surface area contributed by atoms with Crippen LogP contribution in [0.1, 0.15) is 42.5 Å². The molecule has 0 spiro atoms. The van der Waals surface area contributed by atoms with Crippen molar-refractivity contribution in [2.24, 2.45) is 0 Å². The van der Waals surface area contributed by atoms with Crippen molar-refractivity contribution >= 4 is 11.8 Å². The van der Waals surface area contributed by atoms with E-state index in [-0.39, 0.29) is 17.9 Å². The number of fused-ring (bicyclic) bond motifs is 1. The van der Waals surface area contributed by atoms with E-state index in [0.717, 1.165) is 24.8 Å². The van der Waals surface area contributed by atoms with Gasteiger partial charge in [-0.2, -0.15) is 0 Å². The smallest absolute Gasteiger partial charge is 0.243 e. The van der Waals surface area contributed by atoms with Gasteiger partial charge in [0, 0.05) is 13.3 Å². The average molecular weight is 336 g/mol. The number of carbonyl (C=O) groups excluding carboxylic acids is 2. The van der Waals surface area contributed by atoms with Gasteiger partial charge in [-0.15, -0.1) is 0 Å². The van der Waals surface area contributed by atoms with Gasteiger partial charge in [-0.25, -0.2) is 0 Å². The van der Waals surface area contributed by atoms with Crippen LogP contribution in [0.15, 0.2) is 54.6 Å². The van der Waals surface area contributed by atoms with E-state index in [4.69, 9.17) is 0 Å². The summed E-state index contributed by atoms with van der Waals surface area (Å²) in [7, 11) is 0. The Morgan fingerprint density at radius 3 is 2.56 bits per heavy atom. The van der Waals surface area contributed by atoms with Gasteiger partial charge in [-0.3, -0.25) is 9.59 Å². The lowest BCUT2D eigenvalue weighted by Crippen LogP contribution is -2.48. The second-order valence-electron chi connectivity index (χ2n) is 6.60. The monoisotopic (exact) mass is 336 g/mol. The van der Waals surface area contributed by atoms with Crippen molar-refractivity contribution in [1.82, 2.24) is 10.6 Å². The molecule has 2 aromatic carbocycles. The molecule has 1 aliphatic rings. The molecule has 0 unspecified atom stereocenters. The van der Waals surface area contributed by atoms with Crippen LogP contribution < -0.4 is 10.6 Å². The maximum atomic E-state index is 12.8. The maximum Gasteiger partial charge on any atom is 0.243 e. The minimum atomic E-state index is -0.561. The van der Waals surface area contributed by atoms with Crippen LogP contribution in [0.3, 0.4) is 0 Å². The Bertz CT molecular complexity index is 743. The number of amides is 2. The molecule has 0 bridgehead atoms. The molecule has 0 saturated heterocycles. The zero-order valence-electron chi connectivity index (χ0n) is 14.5. The minimum absolute atomic E-state index is 0.0180. The standard InChI is InChI=1S/C21H24N2O2/c1-15(24)22-20(14-16-8-3-2-4-9-16)21(25)23-19-13-7-11-17-10-5-6-12-18(17)19/h2-6,8-10,12,19-20H,7,11,13-14H2,1H3,(H,22,24)(H,23,25)/t19-,20+/m1/s1. The Morgan fingerprint density at radius 2 is 1.80 bits per heavy atom. The topological polar surface area (TPSA) is 58.2 Å². The molecular weight excluding hydrogens is 312 g/mol. The first kappa shape index (κ1) is 17.2. The average Bonchev–Trinajstić information content (AvgIpc) is 2.62.